The molecule has 0 fully saturated rings. The van der Waals surface area contributed by atoms with Crippen LogP contribution in [0.25, 0.3) is 0 Å². The van der Waals surface area contributed by atoms with E-state index in [-0.39, 0.29) is 18.4 Å². The lowest BCUT2D eigenvalue weighted by Crippen LogP contribution is -2.37. The van der Waals surface area contributed by atoms with Crippen LogP contribution in [-0.2, 0) is 15.3 Å². The second-order valence-corrected chi connectivity index (χ2v) is 7.78. The van der Waals surface area contributed by atoms with Crippen LogP contribution in [0.4, 0.5) is 18.0 Å². The van der Waals surface area contributed by atoms with E-state index in [2.05, 4.69) is 5.32 Å². The first-order chi connectivity index (χ1) is 11.8. The number of alkyl carbamates (subject to hydrolysis) is 1. The van der Waals surface area contributed by atoms with Crippen LogP contribution in [-0.4, -0.2) is 23.5 Å². The van der Waals surface area contributed by atoms with Crippen molar-refractivity contribution in [2.24, 2.45) is 0 Å². The van der Waals surface area contributed by atoms with Crippen LogP contribution in [0.15, 0.2) is 18.2 Å². The van der Waals surface area contributed by atoms with E-state index in [0.717, 1.165) is 6.07 Å². The molecule has 0 spiro atoms. The second kappa shape index (κ2) is 9.05. The Morgan fingerprint density at radius 3 is 2.35 bits per heavy atom. The molecule has 0 aromatic heterocycles. The fraction of sp³-hybridized carbons (Fsp3) is 0.556. The Morgan fingerprint density at radius 2 is 1.85 bits per heavy atom. The summed E-state index contributed by atoms with van der Waals surface area (Å²) < 4.78 is 45.2. The topological polar surface area (TPSA) is 55.4 Å². The standard InChI is InChI=1S/C18H23F3INO3/c1-11(23-16(25)26-17(2,3)4)5-8-15(24)13-7-6-12(10-22)9-14(13)18(19,20)21/h6-7,9,11H,5,8,10H2,1-4H3,(H,23,25)/t11-/m1/s1. The molecule has 146 valence electrons. The third-order valence-corrected chi connectivity index (χ3v) is 4.29. The molecule has 1 amide bonds. The van der Waals surface area contributed by atoms with Crippen LogP contribution in [0, 0.1) is 0 Å². The van der Waals surface area contributed by atoms with Crippen LogP contribution in [0.2, 0.25) is 0 Å². The SMILES string of the molecule is C[C@H](CCC(=O)c1ccc(CI)cc1C(F)(F)F)NC(=O)OC(C)(C)C. The Labute approximate surface area is 165 Å². The Hall–Kier alpha value is -1.32. The van der Waals surface area contributed by atoms with Gasteiger partial charge < -0.3 is 10.1 Å². The second-order valence-electron chi connectivity index (χ2n) is 7.02. The van der Waals surface area contributed by atoms with Crippen LogP contribution >= 0.6 is 22.6 Å². The molecule has 0 unspecified atom stereocenters. The fourth-order valence-electron chi connectivity index (χ4n) is 2.22. The summed E-state index contributed by atoms with van der Waals surface area (Å²) in [5.74, 6) is -0.602. The van der Waals surface area contributed by atoms with Crippen LogP contribution in [0.3, 0.4) is 0 Å². The van der Waals surface area contributed by atoms with E-state index < -0.39 is 35.3 Å². The molecule has 0 heterocycles. The number of nitrogens with one attached hydrogen (secondary N) is 1. The third-order valence-electron chi connectivity index (χ3n) is 3.41. The molecule has 1 rings (SSSR count). The van der Waals surface area contributed by atoms with Crippen molar-refractivity contribution in [3.63, 3.8) is 0 Å². The number of benzene rings is 1. The van der Waals surface area contributed by atoms with Gasteiger partial charge in [0.2, 0.25) is 0 Å². The number of ketones is 1. The van der Waals surface area contributed by atoms with Gasteiger partial charge in [-0.25, -0.2) is 4.79 Å². The zero-order valence-corrected chi connectivity index (χ0v) is 17.3. The van der Waals surface area contributed by atoms with Gasteiger partial charge in [-0.1, -0.05) is 34.7 Å². The summed E-state index contributed by atoms with van der Waals surface area (Å²) in [4.78, 5) is 24.0. The molecule has 0 aliphatic rings. The minimum Gasteiger partial charge on any atom is -0.444 e. The molecule has 1 aromatic rings. The normalized spacial score (nSPS) is 13.2. The van der Waals surface area contributed by atoms with Crippen molar-refractivity contribution in [2.75, 3.05) is 0 Å². The van der Waals surface area contributed by atoms with Gasteiger partial charge in [0, 0.05) is 22.5 Å². The smallest absolute Gasteiger partial charge is 0.417 e. The Balaban J connectivity index is 2.75. The van der Waals surface area contributed by atoms with Gasteiger partial charge in [-0.15, -0.1) is 0 Å². The Morgan fingerprint density at radius 1 is 1.23 bits per heavy atom. The number of carbonyl (C=O) groups excluding carboxylic acids is 2. The quantitative estimate of drug-likeness (QED) is 0.328. The first kappa shape index (κ1) is 22.7. The number of alkyl halides is 4. The highest BCUT2D eigenvalue weighted by atomic mass is 127. The number of amides is 1. The number of hydrogen-bond acceptors (Lipinski definition) is 3. The van der Waals surface area contributed by atoms with Crippen LogP contribution in [0.5, 0.6) is 0 Å². The zero-order chi connectivity index (χ0) is 20.1. The first-order valence-corrected chi connectivity index (χ1v) is 9.65. The predicted octanol–water partition coefficient (Wildman–Crippen LogP) is 5.52. The minimum absolute atomic E-state index is 0.108. The number of ether oxygens (including phenoxy) is 1. The monoisotopic (exact) mass is 485 g/mol. The van der Waals surface area contributed by atoms with E-state index in [1.54, 1.807) is 27.7 Å². The van der Waals surface area contributed by atoms with Crippen molar-refractivity contribution in [3.05, 3.63) is 34.9 Å². The molecule has 1 atom stereocenters. The summed E-state index contributed by atoms with van der Waals surface area (Å²) in [5.41, 5.74) is -1.39. The molecule has 0 aliphatic heterocycles. The van der Waals surface area contributed by atoms with Crippen molar-refractivity contribution in [3.8, 4) is 0 Å². The van der Waals surface area contributed by atoms with Crippen LogP contribution in [0.1, 0.15) is 62.0 Å². The molecule has 8 heteroatoms. The van der Waals surface area contributed by atoms with Crippen LogP contribution < -0.4 is 5.32 Å². The van der Waals surface area contributed by atoms with Gasteiger partial charge in [-0.05, 0) is 45.7 Å². The highest BCUT2D eigenvalue weighted by Crippen LogP contribution is 2.34. The molecular weight excluding hydrogens is 462 g/mol. The number of Topliss-reactive ketones (excluding diaryl/α,β-unsaturated/α-hetero) is 1. The summed E-state index contributed by atoms with van der Waals surface area (Å²) in [6, 6.07) is 3.36. The van der Waals surface area contributed by atoms with Crippen molar-refractivity contribution in [1.82, 2.24) is 5.32 Å². The summed E-state index contributed by atoms with van der Waals surface area (Å²) in [7, 11) is 0. The maximum Gasteiger partial charge on any atom is 0.417 e. The molecule has 0 saturated heterocycles. The lowest BCUT2D eigenvalue weighted by atomic mass is 9.97. The molecular formula is C18H23F3INO3. The highest BCUT2D eigenvalue weighted by Gasteiger charge is 2.35. The highest BCUT2D eigenvalue weighted by molar-refractivity contribution is 14.1. The molecule has 1 N–H and O–H groups in total. The summed E-state index contributed by atoms with van der Waals surface area (Å²) in [6.07, 6.45) is -5.11. The maximum absolute atomic E-state index is 13.2. The first-order valence-electron chi connectivity index (χ1n) is 8.12. The molecule has 0 aliphatic carbocycles. The molecule has 0 radical (unpaired) electrons. The van der Waals surface area contributed by atoms with Gasteiger partial charge in [-0.3, -0.25) is 4.79 Å². The van der Waals surface area contributed by atoms with E-state index in [0.29, 0.717) is 9.99 Å². The molecule has 0 saturated carbocycles. The number of hydrogen-bond donors (Lipinski definition) is 1. The van der Waals surface area contributed by atoms with E-state index >= 15 is 0 Å². The van der Waals surface area contributed by atoms with Gasteiger partial charge in [-0.2, -0.15) is 13.2 Å². The van der Waals surface area contributed by atoms with E-state index in [1.165, 1.54) is 12.1 Å². The summed E-state index contributed by atoms with van der Waals surface area (Å²) in [5, 5.41) is 2.57. The maximum atomic E-state index is 13.2. The van der Waals surface area contributed by atoms with E-state index in [9.17, 15) is 22.8 Å². The largest absolute Gasteiger partial charge is 0.444 e. The van der Waals surface area contributed by atoms with Gasteiger partial charge in [0.25, 0.3) is 0 Å². The molecule has 0 bridgehead atoms. The summed E-state index contributed by atoms with van der Waals surface area (Å²) in [6.45, 7) is 6.83. The lowest BCUT2D eigenvalue weighted by Gasteiger charge is -2.22. The number of halogens is 4. The zero-order valence-electron chi connectivity index (χ0n) is 15.2. The molecule has 4 nitrogen and oxygen atoms in total. The lowest BCUT2D eigenvalue weighted by molar-refractivity contribution is -0.138. The van der Waals surface area contributed by atoms with Gasteiger partial charge in [0.1, 0.15) is 5.60 Å². The average Bonchev–Trinajstić information content (AvgIpc) is 2.49. The number of rotatable bonds is 6. The summed E-state index contributed by atoms with van der Waals surface area (Å²) >= 11 is 1.97. The van der Waals surface area contributed by atoms with Crippen molar-refractivity contribution in [2.45, 2.75) is 62.8 Å². The van der Waals surface area contributed by atoms with E-state index in [1.807, 2.05) is 22.6 Å². The van der Waals surface area contributed by atoms with E-state index in [4.69, 9.17) is 4.74 Å². The predicted molar refractivity (Wildman–Crippen MR) is 102 cm³/mol. The molecule has 1 aromatic carbocycles. The van der Waals surface area contributed by atoms with Crippen molar-refractivity contribution in [1.29, 1.82) is 0 Å². The average molecular weight is 485 g/mol. The van der Waals surface area contributed by atoms with Gasteiger partial charge in [0.05, 0.1) is 5.56 Å². The number of carbonyl (C=O) groups is 2. The van der Waals surface area contributed by atoms with Gasteiger partial charge in [0.15, 0.2) is 5.78 Å². The Bertz CT molecular complexity index is 654. The minimum atomic E-state index is -4.59. The van der Waals surface area contributed by atoms with Gasteiger partial charge >= 0.3 is 12.3 Å². The van der Waals surface area contributed by atoms with Crippen molar-refractivity contribution < 1.29 is 27.5 Å². The molecule has 26 heavy (non-hydrogen) atoms. The Kier molecular flexibility index (Phi) is 7.91. The third kappa shape index (κ3) is 7.51. The fourth-order valence-corrected chi connectivity index (χ4v) is 2.69. The van der Waals surface area contributed by atoms with Crippen molar-refractivity contribution >= 4 is 34.5 Å².